The number of hydrogen-bond donors (Lipinski definition) is 1. The van der Waals surface area contributed by atoms with Crippen LogP contribution < -0.4 is 0 Å². The maximum atomic E-state index is 9.18. The summed E-state index contributed by atoms with van der Waals surface area (Å²) < 4.78 is 0. The second-order valence-corrected chi connectivity index (χ2v) is 2.65. The lowest BCUT2D eigenvalue weighted by Crippen LogP contribution is -1.82. The predicted octanol–water partition coefficient (Wildman–Crippen LogP) is 1.85. The first-order valence-corrected chi connectivity index (χ1v) is 3.92. The zero-order valence-electron chi connectivity index (χ0n) is 6.88. The third kappa shape index (κ3) is 1.64. The smallest absolute Gasteiger partial charge is 0.134 e. The molecular formula is C10H8N2O. The highest BCUT2D eigenvalue weighted by Crippen LogP contribution is 2.18. The Bertz CT molecular complexity index is 401. The molecule has 2 aromatic rings. The first kappa shape index (κ1) is 7.73. The normalized spacial score (nSPS) is 9.85. The molecule has 13 heavy (non-hydrogen) atoms. The summed E-state index contributed by atoms with van der Waals surface area (Å²) in [6, 6.07) is 7.25. The fourth-order valence-electron chi connectivity index (χ4n) is 1.10. The average Bonchev–Trinajstić information content (AvgIpc) is 2.19. The third-order valence-corrected chi connectivity index (χ3v) is 1.68. The van der Waals surface area contributed by atoms with E-state index in [4.69, 9.17) is 0 Å². The summed E-state index contributed by atoms with van der Waals surface area (Å²) in [7, 11) is 0. The monoisotopic (exact) mass is 172 g/mol. The molecule has 0 aromatic carbocycles. The zero-order chi connectivity index (χ0) is 9.10. The van der Waals surface area contributed by atoms with Crippen molar-refractivity contribution in [2.75, 3.05) is 0 Å². The summed E-state index contributed by atoms with van der Waals surface area (Å²) in [4.78, 5) is 8.01. The molecule has 64 valence electrons. The Balaban J connectivity index is 2.48. The molecule has 0 saturated carbocycles. The van der Waals surface area contributed by atoms with Crippen molar-refractivity contribution < 1.29 is 5.11 Å². The molecule has 0 atom stereocenters. The summed E-state index contributed by atoms with van der Waals surface area (Å²) in [6.07, 6.45) is 4.77. The molecule has 0 amide bonds. The summed E-state index contributed by atoms with van der Waals surface area (Å²) in [5, 5.41) is 9.18. The molecular weight excluding hydrogens is 164 g/mol. The van der Waals surface area contributed by atoms with Crippen molar-refractivity contribution in [1.29, 1.82) is 0 Å². The van der Waals surface area contributed by atoms with Crippen molar-refractivity contribution in [1.82, 2.24) is 9.97 Å². The fraction of sp³-hybridized carbons (Fsp3) is 0. The highest BCUT2D eigenvalue weighted by atomic mass is 16.3. The van der Waals surface area contributed by atoms with E-state index in [2.05, 4.69) is 9.97 Å². The van der Waals surface area contributed by atoms with Gasteiger partial charge in [0.25, 0.3) is 0 Å². The Morgan fingerprint density at radius 3 is 2.77 bits per heavy atom. The molecule has 0 spiro atoms. The number of aromatic nitrogens is 2. The van der Waals surface area contributed by atoms with Crippen LogP contribution in [0.2, 0.25) is 0 Å². The summed E-state index contributed by atoms with van der Waals surface area (Å²) in [6.45, 7) is 0. The Labute approximate surface area is 75.7 Å². The van der Waals surface area contributed by atoms with Gasteiger partial charge in [-0.2, -0.15) is 0 Å². The van der Waals surface area contributed by atoms with Gasteiger partial charge in [-0.15, -0.1) is 0 Å². The van der Waals surface area contributed by atoms with Gasteiger partial charge in [-0.05, 0) is 18.2 Å². The van der Waals surface area contributed by atoms with Gasteiger partial charge in [0.2, 0.25) is 0 Å². The Morgan fingerprint density at radius 1 is 1.15 bits per heavy atom. The van der Waals surface area contributed by atoms with E-state index in [1.807, 2.05) is 18.2 Å². The summed E-state index contributed by atoms with van der Waals surface area (Å²) in [5.74, 6) is 0.156. The number of pyridine rings is 2. The molecule has 0 radical (unpaired) electrons. The van der Waals surface area contributed by atoms with Gasteiger partial charge in [-0.1, -0.05) is 6.07 Å². The molecule has 2 rings (SSSR count). The minimum Gasteiger partial charge on any atom is -0.506 e. The van der Waals surface area contributed by atoms with Gasteiger partial charge in [0, 0.05) is 18.0 Å². The largest absolute Gasteiger partial charge is 0.506 e. The number of hydrogen-bond acceptors (Lipinski definition) is 3. The van der Waals surface area contributed by atoms with Crippen molar-refractivity contribution in [3.63, 3.8) is 0 Å². The Kier molecular flexibility index (Phi) is 1.92. The van der Waals surface area contributed by atoms with Crippen LogP contribution in [0.15, 0.2) is 42.9 Å². The van der Waals surface area contributed by atoms with Crippen LogP contribution in [0.5, 0.6) is 5.75 Å². The fourth-order valence-corrected chi connectivity index (χ4v) is 1.10. The van der Waals surface area contributed by atoms with Crippen LogP contribution in [-0.2, 0) is 0 Å². The van der Waals surface area contributed by atoms with Crippen LogP contribution in [0.1, 0.15) is 0 Å². The second-order valence-electron chi connectivity index (χ2n) is 2.65. The van der Waals surface area contributed by atoms with E-state index in [9.17, 15) is 5.11 Å². The van der Waals surface area contributed by atoms with E-state index in [1.165, 1.54) is 6.20 Å². The van der Waals surface area contributed by atoms with Gasteiger partial charge in [0.05, 0.1) is 11.9 Å². The number of aromatic hydroxyl groups is 1. The van der Waals surface area contributed by atoms with E-state index in [1.54, 1.807) is 18.5 Å². The summed E-state index contributed by atoms with van der Waals surface area (Å²) >= 11 is 0. The molecule has 2 heterocycles. The number of nitrogens with zero attached hydrogens (tertiary/aromatic N) is 2. The van der Waals surface area contributed by atoms with Crippen molar-refractivity contribution in [3.05, 3.63) is 42.9 Å². The van der Waals surface area contributed by atoms with Gasteiger partial charge in [0.15, 0.2) is 0 Å². The highest BCUT2D eigenvalue weighted by molar-refractivity contribution is 5.58. The van der Waals surface area contributed by atoms with Crippen LogP contribution >= 0.6 is 0 Å². The molecule has 0 fully saturated rings. The van der Waals surface area contributed by atoms with Crippen molar-refractivity contribution >= 4 is 0 Å². The molecule has 0 aliphatic heterocycles. The molecule has 2 aromatic heterocycles. The topological polar surface area (TPSA) is 46.0 Å². The lowest BCUT2D eigenvalue weighted by atomic mass is 10.2. The van der Waals surface area contributed by atoms with E-state index in [0.29, 0.717) is 0 Å². The second kappa shape index (κ2) is 3.23. The minimum atomic E-state index is 0.156. The quantitative estimate of drug-likeness (QED) is 0.714. The van der Waals surface area contributed by atoms with Crippen LogP contribution in [0.4, 0.5) is 0 Å². The molecule has 0 bridgehead atoms. The molecule has 0 aliphatic carbocycles. The van der Waals surface area contributed by atoms with Crippen LogP contribution in [0.3, 0.4) is 0 Å². The molecule has 3 nitrogen and oxygen atoms in total. The average molecular weight is 172 g/mol. The third-order valence-electron chi connectivity index (χ3n) is 1.68. The molecule has 3 heteroatoms. The first-order chi connectivity index (χ1) is 6.36. The van der Waals surface area contributed by atoms with Crippen LogP contribution in [0, 0.1) is 0 Å². The van der Waals surface area contributed by atoms with E-state index in [-0.39, 0.29) is 5.75 Å². The van der Waals surface area contributed by atoms with Gasteiger partial charge in [-0.25, -0.2) is 0 Å². The zero-order valence-corrected chi connectivity index (χ0v) is 6.88. The molecule has 0 aliphatic rings. The van der Waals surface area contributed by atoms with Gasteiger partial charge < -0.3 is 5.11 Å². The van der Waals surface area contributed by atoms with E-state index in [0.717, 1.165) is 11.3 Å². The van der Waals surface area contributed by atoms with E-state index >= 15 is 0 Å². The van der Waals surface area contributed by atoms with Gasteiger partial charge in [-0.3, -0.25) is 9.97 Å². The Hall–Kier alpha value is -1.90. The SMILES string of the molecule is Oc1cncc(-c2ccccn2)c1. The first-order valence-electron chi connectivity index (χ1n) is 3.92. The molecule has 1 N–H and O–H groups in total. The van der Waals surface area contributed by atoms with Crippen molar-refractivity contribution in [2.24, 2.45) is 0 Å². The standard InChI is InChI=1S/C10H8N2O/c13-9-5-8(6-11-7-9)10-3-1-2-4-12-10/h1-7,13H. The predicted molar refractivity (Wildman–Crippen MR) is 49.1 cm³/mol. The van der Waals surface area contributed by atoms with Crippen LogP contribution in [-0.4, -0.2) is 15.1 Å². The van der Waals surface area contributed by atoms with Crippen molar-refractivity contribution in [3.8, 4) is 17.0 Å². The van der Waals surface area contributed by atoms with Crippen LogP contribution in [0.25, 0.3) is 11.3 Å². The molecule has 0 unspecified atom stereocenters. The van der Waals surface area contributed by atoms with Gasteiger partial charge in [0.1, 0.15) is 5.75 Å². The maximum absolute atomic E-state index is 9.18. The lowest BCUT2D eigenvalue weighted by molar-refractivity contribution is 0.473. The Morgan fingerprint density at radius 2 is 2.08 bits per heavy atom. The van der Waals surface area contributed by atoms with Crippen molar-refractivity contribution in [2.45, 2.75) is 0 Å². The summed E-state index contributed by atoms with van der Waals surface area (Å²) in [5.41, 5.74) is 1.63. The maximum Gasteiger partial charge on any atom is 0.134 e. The van der Waals surface area contributed by atoms with E-state index < -0.39 is 0 Å². The number of rotatable bonds is 1. The molecule has 0 saturated heterocycles. The van der Waals surface area contributed by atoms with Gasteiger partial charge >= 0.3 is 0 Å². The lowest BCUT2D eigenvalue weighted by Gasteiger charge is -1.98. The highest BCUT2D eigenvalue weighted by Gasteiger charge is 1.98. The minimum absolute atomic E-state index is 0.156.